The Labute approximate surface area is 167 Å². The molecule has 0 bridgehead atoms. The van der Waals surface area contributed by atoms with Crippen LogP contribution in [0.25, 0.3) is 22.0 Å². The van der Waals surface area contributed by atoms with Crippen LogP contribution in [0.5, 0.6) is 5.75 Å². The van der Waals surface area contributed by atoms with Gasteiger partial charge in [-0.3, -0.25) is 10.1 Å². The van der Waals surface area contributed by atoms with Gasteiger partial charge >= 0.3 is 0 Å². The summed E-state index contributed by atoms with van der Waals surface area (Å²) in [6.45, 7) is 4.02. The molecule has 1 N–H and O–H groups in total. The highest BCUT2D eigenvalue weighted by molar-refractivity contribution is 7.16. The molecule has 0 saturated carbocycles. The molecule has 0 unspecified atom stereocenters. The summed E-state index contributed by atoms with van der Waals surface area (Å²) in [4.78, 5) is 18.6. The highest BCUT2D eigenvalue weighted by Crippen LogP contribution is 2.33. The second-order valence-electron chi connectivity index (χ2n) is 6.59. The van der Waals surface area contributed by atoms with E-state index in [0.29, 0.717) is 10.7 Å². The van der Waals surface area contributed by atoms with Crippen molar-refractivity contribution in [1.29, 1.82) is 0 Å². The molecule has 0 aliphatic rings. The van der Waals surface area contributed by atoms with Gasteiger partial charge in [0.25, 0.3) is 5.91 Å². The van der Waals surface area contributed by atoms with Gasteiger partial charge in [-0.2, -0.15) is 0 Å². The number of nitrogens with one attached hydrogen (secondary N) is 1. The molecule has 0 aliphatic carbocycles. The molecule has 1 heterocycles. The lowest BCUT2D eigenvalue weighted by Gasteiger charge is -2.07. The van der Waals surface area contributed by atoms with Crippen LogP contribution < -0.4 is 10.1 Å². The lowest BCUT2D eigenvalue weighted by molar-refractivity contribution is 0.102. The van der Waals surface area contributed by atoms with E-state index in [9.17, 15) is 4.79 Å². The van der Waals surface area contributed by atoms with Gasteiger partial charge in [0, 0.05) is 16.0 Å². The molecule has 0 saturated heterocycles. The van der Waals surface area contributed by atoms with E-state index in [1.807, 2.05) is 68.4 Å². The molecule has 1 amide bonds. The van der Waals surface area contributed by atoms with Gasteiger partial charge in [0.1, 0.15) is 5.75 Å². The van der Waals surface area contributed by atoms with Crippen molar-refractivity contribution in [1.82, 2.24) is 4.98 Å². The Bertz CT molecular complexity index is 1180. The number of thiazole rings is 1. The van der Waals surface area contributed by atoms with Crippen molar-refractivity contribution in [3.05, 3.63) is 76.7 Å². The van der Waals surface area contributed by atoms with Gasteiger partial charge in [-0.15, -0.1) is 11.3 Å². The number of benzene rings is 3. The van der Waals surface area contributed by atoms with Crippen molar-refractivity contribution in [2.24, 2.45) is 0 Å². The van der Waals surface area contributed by atoms with Crippen LogP contribution in [0.3, 0.4) is 0 Å². The SMILES string of the molecule is COc1ccc(-c2nc(NC(=O)c3cccc4ccccc34)sc2C)cc1C. The Morgan fingerprint density at radius 1 is 1.04 bits per heavy atom. The fraction of sp³-hybridized carbons (Fsp3) is 0.130. The molecular weight excluding hydrogens is 368 g/mol. The number of ether oxygens (including phenoxy) is 1. The van der Waals surface area contributed by atoms with Crippen molar-refractivity contribution in [3.63, 3.8) is 0 Å². The zero-order valence-corrected chi connectivity index (χ0v) is 16.8. The van der Waals surface area contributed by atoms with Crippen LogP contribution >= 0.6 is 11.3 Å². The summed E-state index contributed by atoms with van der Waals surface area (Å²) in [6, 6.07) is 19.6. The van der Waals surface area contributed by atoms with E-state index < -0.39 is 0 Å². The second-order valence-corrected chi connectivity index (χ2v) is 7.79. The fourth-order valence-corrected chi connectivity index (χ4v) is 4.16. The van der Waals surface area contributed by atoms with Crippen LogP contribution in [0.1, 0.15) is 20.8 Å². The maximum atomic E-state index is 12.9. The molecular formula is C23H20N2O2S. The second kappa shape index (κ2) is 7.44. The Kier molecular flexibility index (Phi) is 4.84. The van der Waals surface area contributed by atoms with E-state index >= 15 is 0 Å². The van der Waals surface area contributed by atoms with E-state index in [1.165, 1.54) is 11.3 Å². The number of fused-ring (bicyclic) bond motifs is 1. The Morgan fingerprint density at radius 2 is 1.82 bits per heavy atom. The molecule has 28 heavy (non-hydrogen) atoms. The van der Waals surface area contributed by atoms with E-state index in [2.05, 4.69) is 16.4 Å². The van der Waals surface area contributed by atoms with Gasteiger partial charge in [-0.1, -0.05) is 36.4 Å². The molecule has 0 spiro atoms. The molecule has 140 valence electrons. The zero-order chi connectivity index (χ0) is 19.7. The third-order valence-electron chi connectivity index (χ3n) is 4.72. The summed E-state index contributed by atoms with van der Waals surface area (Å²) in [6.07, 6.45) is 0. The lowest BCUT2D eigenvalue weighted by Crippen LogP contribution is -2.12. The van der Waals surface area contributed by atoms with Crippen molar-refractivity contribution >= 4 is 33.1 Å². The minimum absolute atomic E-state index is 0.150. The number of hydrogen-bond donors (Lipinski definition) is 1. The van der Waals surface area contributed by atoms with Crippen LogP contribution in [0.4, 0.5) is 5.13 Å². The molecule has 0 radical (unpaired) electrons. The molecule has 4 aromatic rings. The summed E-state index contributed by atoms with van der Waals surface area (Å²) in [5.41, 5.74) is 3.59. The van der Waals surface area contributed by atoms with Gasteiger partial charge in [0.2, 0.25) is 0 Å². The summed E-state index contributed by atoms with van der Waals surface area (Å²) in [5, 5.41) is 5.53. The minimum Gasteiger partial charge on any atom is -0.496 e. The first kappa shape index (κ1) is 18.2. The zero-order valence-electron chi connectivity index (χ0n) is 15.9. The molecule has 0 atom stereocenters. The topological polar surface area (TPSA) is 51.2 Å². The van der Waals surface area contributed by atoms with E-state index in [0.717, 1.165) is 38.2 Å². The predicted molar refractivity (Wildman–Crippen MR) is 115 cm³/mol. The summed E-state index contributed by atoms with van der Waals surface area (Å²) >= 11 is 1.48. The van der Waals surface area contributed by atoms with Crippen LogP contribution in [-0.4, -0.2) is 18.0 Å². The monoisotopic (exact) mass is 388 g/mol. The van der Waals surface area contributed by atoms with Crippen LogP contribution in [-0.2, 0) is 0 Å². The smallest absolute Gasteiger partial charge is 0.258 e. The average molecular weight is 388 g/mol. The third kappa shape index (κ3) is 3.37. The fourth-order valence-electron chi connectivity index (χ4n) is 3.33. The molecule has 4 rings (SSSR count). The maximum absolute atomic E-state index is 12.9. The summed E-state index contributed by atoms with van der Waals surface area (Å²) in [5.74, 6) is 0.698. The lowest BCUT2D eigenvalue weighted by atomic mass is 10.0. The predicted octanol–water partition coefficient (Wildman–Crippen LogP) is 5.84. The van der Waals surface area contributed by atoms with Crippen molar-refractivity contribution in [2.75, 3.05) is 12.4 Å². The first-order valence-electron chi connectivity index (χ1n) is 8.98. The number of amides is 1. The first-order valence-corrected chi connectivity index (χ1v) is 9.80. The highest BCUT2D eigenvalue weighted by atomic mass is 32.1. The third-order valence-corrected chi connectivity index (χ3v) is 5.61. The molecule has 3 aromatic carbocycles. The van der Waals surface area contributed by atoms with Crippen molar-refractivity contribution in [2.45, 2.75) is 13.8 Å². The van der Waals surface area contributed by atoms with Gasteiger partial charge in [-0.25, -0.2) is 4.98 Å². The van der Waals surface area contributed by atoms with Gasteiger partial charge in [0.15, 0.2) is 5.13 Å². The van der Waals surface area contributed by atoms with E-state index in [4.69, 9.17) is 4.74 Å². The maximum Gasteiger partial charge on any atom is 0.258 e. The van der Waals surface area contributed by atoms with Crippen LogP contribution in [0.2, 0.25) is 0 Å². The summed E-state index contributed by atoms with van der Waals surface area (Å²) in [7, 11) is 1.66. The average Bonchev–Trinajstić information content (AvgIpc) is 3.07. The number of rotatable bonds is 4. The number of aromatic nitrogens is 1. The largest absolute Gasteiger partial charge is 0.496 e. The normalized spacial score (nSPS) is 10.8. The standard InChI is InChI=1S/C23H20N2O2S/c1-14-13-17(11-12-20(14)27-3)21-15(2)28-23(24-21)25-22(26)19-10-6-8-16-7-4-5-9-18(16)19/h4-13H,1-3H3,(H,24,25,26). The number of hydrogen-bond acceptors (Lipinski definition) is 4. The number of methoxy groups -OCH3 is 1. The van der Waals surface area contributed by atoms with Crippen molar-refractivity contribution < 1.29 is 9.53 Å². The molecule has 0 fully saturated rings. The number of carbonyl (C=O) groups is 1. The Hall–Kier alpha value is -3.18. The number of carbonyl (C=O) groups excluding carboxylic acids is 1. The Balaban J connectivity index is 1.63. The van der Waals surface area contributed by atoms with E-state index in [-0.39, 0.29) is 5.91 Å². The molecule has 1 aromatic heterocycles. The van der Waals surface area contributed by atoms with Gasteiger partial charge in [0.05, 0.1) is 12.8 Å². The van der Waals surface area contributed by atoms with Gasteiger partial charge < -0.3 is 4.74 Å². The number of anilines is 1. The van der Waals surface area contributed by atoms with Crippen LogP contribution in [0, 0.1) is 13.8 Å². The van der Waals surface area contributed by atoms with Crippen LogP contribution in [0.15, 0.2) is 60.7 Å². The first-order chi connectivity index (χ1) is 13.6. The minimum atomic E-state index is -0.150. The Morgan fingerprint density at radius 3 is 2.61 bits per heavy atom. The van der Waals surface area contributed by atoms with E-state index in [1.54, 1.807) is 7.11 Å². The molecule has 4 nitrogen and oxygen atoms in total. The van der Waals surface area contributed by atoms with Crippen molar-refractivity contribution in [3.8, 4) is 17.0 Å². The number of aryl methyl sites for hydroxylation is 2. The highest BCUT2D eigenvalue weighted by Gasteiger charge is 2.15. The summed E-state index contributed by atoms with van der Waals surface area (Å²) < 4.78 is 5.33. The van der Waals surface area contributed by atoms with Gasteiger partial charge in [-0.05, 0) is 54.4 Å². The molecule has 5 heteroatoms. The number of nitrogens with zero attached hydrogens (tertiary/aromatic N) is 1. The molecule has 0 aliphatic heterocycles. The quantitative estimate of drug-likeness (QED) is 0.478.